The van der Waals surface area contributed by atoms with Gasteiger partial charge in [-0.25, -0.2) is 0 Å². The van der Waals surface area contributed by atoms with Crippen molar-refractivity contribution in [3.05, 3.63) is 0 Å². The van der Waals surface area contributed by atoms with Crippen molar-refractivity contribution in [3.63, 3.8) is 0 Å². The van der Waals surface area contributed by atoms with E-state index in [9.17, 15) is 9.90 Å². The Hall–Kier alpha value is -0.530. The van der Waals surface area contributed by atoms with Crippen LogP contribution in [0.4, 0.5) is 0 Å². The molecule has 4 aliphatic carbocycles. The predicted octanol–water partition coefficient (Wildman–Crippen LogP) is 1.05. The number of carbonyl (C=O) groups excluding carboxylic acids is 1. The molecule has 4 fully saturated rings. The van der Waals surface area contributed by atoms with Gasteiger partial charge < -0.3 is 9.90 Å². The highest BCUT2D eigenvalue weighted by molar-refractivity contribution is 5.73. The number of carboxylic acid groups (broad SMARTS) is 1. The van der Waals surface area contributed by atoms with Crippen LogP contribution in [0.5, 0.6) is 0 Å². The van der Waals surface area contributed by atoms with E-state index in [4.69, 9.17) is 0 Å². The molecule has 2 nitrogen and oxygen atoms in total. The molecule has 0 aromatic carbocycles. The average Bonchev–Trinajstić information content (AvgIpc) is 2.75. The normalized spacial score (nSPS) is 64.1. The summed E-state index contributed by atoms with van der Waals surface area (Å²) < 4.78 is 0. The lowest BCUT2D eigenvalue weighted by Gasteiger charge is -2.55. The standard InChI is InChI=1S/C13H18O2/c1-6-10-7-2-3-8(4-7)11(10)13(6)5-9(13)12(14)15/h6-11H,2-5H2,1H3,(H,14,15)/p-1/t6-,7+,8-,9+,10-,11-,13-/m0/s1. The van der Waals surface area contributed by atoms with E-state index in [-0.39, 0.29) is 11.3 Å². The Bertz CT molecular complexity index is 350. The maximum absolute atomic E-state index is 11.0. The molecule has 7 atom stereocenters. The van der Waals surface area contributed by atoms with Crippen molar-refractivity contribution in [1.82, 2.24) is 0 Å². The highest BCUT2D eigenvalue weighted by Crippen LogP contribution is 2.81. The Morgan fingerprint density at radius 1 is 1.33 bits per heavy atom. The third-order valence-corrected chi connectivity index (χ3v) is 6.36. The van der Waals surface area contributed by atoms with E-state index >= 15 is 0 Å². The second-order valence-corrected chi connectivity index (χ2v) is 6.41. The van der Waals surface area contributed by atoms with Crippen molar-refractivity contribution in [1.29, 1.82) is 0 Å². The minimum Gasteiger partial charge on any atom is -0.550 e. The van der Waals surface area contributed by atoms with Gasteiger partial charge in [0, 0.05) is 11.9 Å². The van der Waals surface area contributed by atoms with Crippen LogP contribution in [0.15, 0.2) is 0 Å². The molecule has 0 radical (unpaired) electrons. The minimum absolute atomic E-state index is 0.0897. The Morgan fingerprint density at radius 3 is 2.73 bits per heavy atom. The molecule has 82 valence electrons. The summed E-state index contributed by atoms with van der Waals surface area (Å²) in [7, 11) is 0. The lowest BCUT2D eigenvalue weighted by atomic mass is 9.49. The van der Waals surface area contributed by atoms with Crippen LogP contribution < -0.4 is 5.11 Å². The topological polar surface area (TPSA) is 40.1 Å². The van der Waals surface area contributed by atoms with E-state index in [1.165, 1.54) is 19.3 Å². The molecule has 2 bridgehead atoms. The monoisotopic (exact) mass is 205 g/mol. The highest BCUT2D eigenvalue weighted by Gasteiger charge is 2.77. The predicted molar refractivity (Wildman–Crippen MR) is 52.5 cm³/mol. The molecule has 0 aliphatic heterocycles. The van der Waals surface area contributed by atoms with E-state index in [0.29, 0.717) is 5.92 Å². The Morgan fingerprint density at radius 2 is 2.07 bits per heavy atom. The molecule has 1 spiro atoms. The number of hydrogen-bond donors (Lipinski definition) is 0. The number of aliphatic carboxylic acids is 1. The van der Waals surface area contributed by atoms with Crippen LogP contribution in [0, 0.1) is 40.9 Å². The van der Waals surface area contributed by atoms with Crippen molar-refractivity contribution >= 4 is 5.97 Å². The highest BCUT2D eigenvalue weighted by atomic mass is 16.4. The van der Waals surface area contributed by atoms with Gasteiger partial charge in [0.15, 0.2) is 0 Å². The number of rotatable bonds is 1. The Kier molecular flexibility index (Phi) is 1.29. The summed E-state index contributed by atoms with van der Waals surface area (Å²) in [4.78, 5) is 11.0. The van der Waals surface area contributed by atoms with Gasteiger partial charge in [-0.15, -0.1) is 0 Å². The first-order valence-corrected chi connectivity index (χ1v) is 6.37. The number of carboxylic acids is 1. The van der Waals surface area contributed by atoms with Crippen molar-refractivity contribution in [3.8, 4) is 0 Å². The van der Waals surface area contributed by atoms with Crippen molar-refractivity contribution in [2.24, 2.45) is 40.9 Å². The summed E-state index contributed by atoms with van der Waals surface area (Å²) in [6.45, 7) is 2.30. The van der Waals surface area contributed by atoms with E-state index in [0.717, 1.165) is 30.1 Å². The van der Waals surface area contributed by atoms with Crippen LogP contribution in [0.1, 0.15) is 32.6 Å². The SMILES string of the molecule is C[C@H]1[C@H]2[C@@H]3CC[C@@H](C3)[C@@H]2[C@@]12C[C@@H]2C(=O)[O-]. The zero-order valence-corrected chi connectivity index (χ0v) is 9.11. The molecule has 4 rings (SSSR count). The molecule has 0 amide bonds. The third-order valence-electron chi connectivity index (χ3n) is 6.36. The summed E-state index contributed by atoms with van der Waals surface area (Å²) in [6.07, 6.45) is 5.13. The largest absolute Gasteiger partial charge is 0.550 e. The van der Waals surface area contributed by atoms with Gasteiger partial charge in [0.2, 0.25) is 0 Å². The number of fused-ring (bicyclic) bond motifs is 6. The summed E-state index contributed by atoms with van der Waals surface area (Å²) in [5, 5.41) is 11.0. The van der Waals surface area contributed by atoms with Gasteiger partial charge in [-0.05, 0) is 60.7 Å². The van der Waals surface area contributed by atoms with Crippen molar-refractivity contribution in [2.75, 3.05) is 0 Å². The van der Waals surface area contributed by atoms with E-state index in [2.05, 4.69) is 6.92 Å². The van der Waals surface area contributed by atoms with Crippen LogP contribution in [0.3, 0.4) is 0 Å². The maximum Gasteiger partial charge on any atom is 0.0451 e. The lowest BCUT2D eigenvalue weighted by molar-refractivity contribution is -0.310. The van der Waals surface area contributed by atoms with Crippen LogP contribution in [-0.4, -0.2) is 5.97 Å². The second-order valence-electron chi connectivity index (χ2n) is 6.41. The Balaban J connectivity index is 1.67. The molecule has 2 heteroatoms. The first-order chi connectivity index (χ1) is 7.16. The average molecular weight is 205 g/mol. The third kappa shape index (κ3) is 0.724. The summed E-state index contributed by atoms with van der Waals surface area (Å²) in [6, 6.07) is 0. The summed E-state index contributed by atoms with van der Waals surface area (Å²) in [5.41, 5.74) is 0.212. The summed E-state index contributed by atoms with van der Waals surface area (Å²) >= 11 is 0. The molecule has 4 aliphatic rings. The maximum atomic E-state index is 11.0. The van der Waals surface area contributed by atoms with E-state index < -0.39 is 5.97 Å². The van der Waals surface area contributed by atoms with Crippen molar-refractivity contribution < 1.29 is 9.90 Å². The zero-order chi connectivity index (χ0) is 10.4. The van der Waals surface area contributed by atoms with Crippen LogP contribution >= 0.6 is 0 Å². The fraction of sp³-hybridized carbons (Fsp3) is 0.923. The van der Waals surface area contributed by atoms with Gasteiger partial charge in [-0.1, -0.05) is 6.92 Å². The molecule has 4 saturated carbocycles. The molecule has 0 unspecified atom stereocenters. The molecular formula is C13H17O2-. The fourth-order valence-corrected chi connectivity index (χ4v) is 5.86. The quantitative estimate of drug-likeness (QED) is 0.642. The number of carbonyl (C=O) groups is 1. The van der Waals surface area contributed by atoms with Gasteiger partial charge in [0.1, 0.15) is 0 Å². The molecule has 15 heavy (non-hydrogen) atoms. The van der Waals surface area contributed by atoms with Gasteiger partial charge in [0.25, 0.3) is 0 Å². The lowest BCUT2D eigenvalue weighted by Crippen LogP contribution is -2.52. The minimum atomic E-state index is -0.775. The first-order valence-electron chi connectivity index (χ1n) is 6.37. The van der Waals surface area contributed by atoms with Crippen LogP contribution in [-0.2, 0) is 4.79 Å². The molecule has 0 aromatic heterocycles. The smallest absolute Gasteiger partial charge is 0.0451 e. The molecule has 0 heterocycles. The van der Waals surface area contributed by atoms with E-state index in [1.54, 1.807) is 0 Å². The number of hydrogen-bond acceptors (Lipinski definition) is 2. The van der Waals surface area contributed by atoms with Crippen molar-refractivity contribution in [2.45, 2.75) is 32.6 Å². The Labute approximate surface area is 90.1 Å². The second kappa shape index (κ2) is 2.26. The molecule has 0 aromatic rings. The van der Waals surface area contributed by atoms with Gasteiger partial charge >= 0.3 is 0 Å². The van der Waals surface area contributed by atoms with Crippen LogP contribution in [0.25, 0.3) is 0 Å². The first kappa shape index (κ1) is 8.60. The molecule has 0 N–H and O–H groups in total. The van der Waals surface area contributed by atoms with Gasteiger partial charge in [-0.3, -0.25) is 0 Å². The van der Waals surface area contributed by atoms with E-state index in [1.807, 2.05) is 0 Å². The molecular weight excluding hydrogens is 188 g/mol. The molecule has 0 saturated heterocycles. The van der Waals surface area contributed by atoms with Crippen LogP contribution in [0.2, 0.25) is 0 Å². The zero-order valence-electron chi connectivity index (χ0n) is 9.11. The van der Waals surface area contributed by atoms with Gasteiger partial charge in [0.05, 0.1) is 0 Å². The fourth-order valence-electron chi connectivity index (χ4n) is 5.86. The van der Waals surface area contributed by atoms with Gasteiger partial charge in [-0.2, -0.15) is 0 Å². The summed E-state index contributed by atoms with van der Waals surface area (Å²) in [5.74, 6) is 3.28.